The largest absolute Gasteiger partial charge is 0.368 e. The van der Waals surface area contributed by atoms with Crippen molar-refractivity contribution in [1.82, 2.24) is 4.90 Å². The predicted molar refractivity (Wildman–Crippen MR) is 72.8 cm³/mol. The quantitative estimate of drug-likeness (QED) is 0.860. The van der Waals surface area contributed by atoms with Crippen LogP contribution in [0.1, 0.15) is 23.2 Å². The first-order valence-corrected chi connectivity index (χ1v) is 8.10. The number of nitrogens with two attached hydrogens (primary N) is 1. The molecule has 6 nitrogen and oxygen atoms in total. The monoisotopic (exact) mass is 296 g/mol. The number of sulfone groups is 1. The SMILES string of the molecule is CS(=O)(=O)c1cccc(C(=O)N2CCC[C@H]2C(N)=O)c1. The van der Waals surface area contributed by atoms with Crippen LogP contribution in [0.15, 0.2) is 29.2 Å². The molecule has 0 saturated carbocycles. The van der Waals surface area contributed by atoms with Gasteiger partial charge in [-0.1, -0.05) is 6.07 Å². The maximum atomic E-state index is 12.4. The van der Waals surface area contributed by atoms with Gasteiger partial charge in [0.2, 0.25) is 5.91 Å². The topological polar surface area (TPSA) is 97.5 Å². The summed E-state index contributed by atoms with van der Waals surface area (Å²) < 4.78 is 23.0. The van der Waals surface area contributed by atoms with Gasteiger partial charge in [0, 0.05) is 18.4 Å². The molecule has 1 aliphatic heterocycles. The smallest absolute Gasteiger partial charge is 0.254 e. The number of likely N-dealkylation sites (tertiary alicyclic amines) is 1. The molecule has 0 unspecified atom stereocenters. The molecule has 1 aromatic carbocycles. The van der Waals surface area contributed by atoms with Crippen molar-refractivity contribution in [2.24, 2.45) is 5.73 Å². The van der Waals surface area contributed by atoms with E-state index in [1.165, 1.54) is 29.2 Å². The van der Waals surface area contributed by atoms with Crippen molar-refractivity contribution >= 4 is 21.7 Å². The van der Waals surface area contributed by atoms with Gasteiger partial charge in [0.1, 0.15) is 6.04 Å². The Morgan fingerprint density at radius 1 is 1.35 bits per heavy atom. The summed E-state index contributed by atoms with van der Waals surface area (Å²) in [6, 6.07) is 5.20. The Labute approximate surface area is 117 Å². The van der Waals surface area contributed by atoms with Crippen LogP contribution in [-0.4, -0.2) is 44.0 Å². The van der Waals surface area contributed by atoms with Gasteiger partial charge in [0.15, 0.2) is 9.84 Å². The third-order valence-corrected chi connectivity index (χ3v) is 4.46. The Bertz CT molecular complexity index is 654. The van der Waals surface area contributed by atoms with Gasteiger partial charge >= 0.3 is 0 Å². The number of carbonyl (C=O) groups excluding carboxylic acids is 2. The second-order valence-corrected chi connectivity index (χ2v) is 6.87. The molecule has 1 saturated heterocycles. The minimum atomic E-state index is -3.37. The first-order chi connectivity index (χ1) is 9.30. The zero-order valence-corrected chi connectivity index (χ0v) is 11.9. The fraction of sp³-hybridized carbons (Fsp3) is 0.385. The molecule has 1 heterocycles. The van der Waals surface area contributed by atoms with Gasteiger partial charge in [-0.25, -0.2) is 8.42 Å². The molecule has 0 radical (unpaired) electrons. The second kappa shape index (κ2) is 5.24. The summed E-state index contributed by atoms with van der Waals surface area (Å²) in [6.07, 6.45) is 2.34. The van der Waals surface area contributed by atoms with E-state index in [1.54, 1.807) is 0 Å². The zero-order valence-electron chi connectivity index (χ0n) is 11.1. The summed E-state index contributed by atoms with van der Waals surface area (Å²) in [7, 11) is -3.37. The van der Waals surface area contributed by atoms with Gasteiger partial charge in [-0.2, -0.15) is 0 Å². The standard InChI is InChI=1S/C13H16N2O4S/c1-20(18,19)10-5-2-4-9(8-10)13(17)15-7-3-6-11(15)12(14)16/h2,4-5,8,11H,3,6-7H2,1H3,(H2,14,16)/t11-/m0/s1. The molecule has 0 aliphatic carbocycles. The number of primary amides is 1. The maximum absolute atomic E-state index is 12.4. The minimum Gasteiger partial charge on any atom is -0.368 e. The number of hydrogen-bond acceptors (Lipinski definition) is 4. The number of amides is 2. The van der Waals surface area contributed by atoms with E-state index in [0.29, 0.717) is 19.4 Å². The molecule has 1 fully saturated rings. The highest BCUT2D eigenvalue weighted by atomic mass is 32.2. The van der Waals surface area contributed by atoms with Crippen molar-refractivity contribution in [3.8, 4) is 0 Å². The highest BCUT2D eigenvalue weighted by molar-refractivity contribution is 7.90. The van der Waals surface area contributed by atoms with Gasteiger partial charge in [-0.15, -0.1) is 0 Å². The lowest BCUT2D eigenvalue weighted by Crippen LogP contribution is -2.43. The molecule has 20 heavy (non-hydrogen) atoms. The van der Waals surface area contributed by atoms with E-state index in [0.717, 1.165) is 6.26 Å². The van der Waals surface area contributed by atoms with Crippen molar-refractivity contribution in [3.05, 3.63) is 29.8 Å². The average molecular weight is 296 g/mol. The van der Waals surface area contributed by atoms with Crippen LogP contribution < -0.4 is 5.73 Å². The Hall–Kier alpha value is -1.89. The van der Waals surface area contributed by atoms with E-state index in [4.69, 9.17) is 5.73 Å². The number of hydrogen-bond donors (Lipinski definition) is 1. The Balaban J connectivity index is 2.32. The van der Waals surface area contributed by atoms with Gasteiger partial charge in [-0.3, -0.25) is 9.59 Å². The lowest BCUT2D eigenvalue weighted by atomic mass is 10.1. The lowest BCUT2D eigenvalue weighted by molar-refractivity contribution is -0.121. The third kappa shape index (κ3) is 2.82. The number of carbonyl (C=O) groups is 2. The van der Waals surface area contributed by atoms with Crippen molar-refractivity contribution in [2.75, 3.05) is 12.8 Å². The van der Waals surface area contributed by atoms with Crippen molar-refractivity contribution in [3.63, 3.8) is 0 Å². The van der Waals surface area contributed by atoms with Crippen molar-refractivity contribution in [2.45, 2.75) is 23.8 Å². The molecule has 108 valence electrons. The van der Waals surface area contributed by atoms with E-state index in [9.17, 15) is 18.0 Å². The van der Waals surface area contributed by atoms with Crippen LogP contribution in [-0.2, 0) is 14.6 Å². The van der Waals surface area contributed by atoms with Gasteiger partial charge in [0.05, 0.1) is 4.90 Å². The van der Waals surface area contributed by atoms with Gasteiger partial charge in [0.25, 0.3) is 5.91 Å². The summed E-state index contributed by atoms with van der Waals surface area (Å²) in [4.78, 5) is 25.2. The number of benzene rings is 1. The minimum absolute atomic E-state index is 0.0816. The molecule has 0 spiro atoms. The maximum Gasteiger partial charge on any atom is 0.254 e. The third-order valence-electron chi connectivity index (χ3n) is 3.35. The van der Waals surface area contributed by atoms with E-state index >= 15 is 0 Å². The molecule has 0 aromatic heterocycles. The zero-order chi connectivity index (χ0) is 14.9. The molecule has 2 N–H and O–H groups in total. The number of rotatable bonds is 3. The Morgan fingerprint density at radius 2 is 2.05 bits per heavy atom. The van der Waals surface area contributed by atoms with Crippen LogP contribution in [0.5, 0.6) is 0 Å². The number of nitrogens with zero attached hydrogens (tertiary/aromatic N) is 1. The van der Waals surface area contributed by atoms with E-state index < -0.39 is 21.8 Å². The predicted octanol–water partition coefficient (Wildman–Crippen LogP) is 0.180. The van der Waals surface area contributed by atoms with Crippen molar-refractivity contribution in [1.29, 1.82) is 0 Å². The van der Waals surface area contributed by atoms with Crippen LogP contribution in [0.3, 0.4) is 0 Å². The average Bonchev–Trinajstić information content (AvgIpc) is 2.86. The van der Waals surface area contributed by atoms with Crippen LogP contribution >= 0.6 is 0 Å². The molecule has 2 amide bonds. The summed E-state index contributed by atoms with van der Waals surface area (Å²) in [6.45, 7) is 0.454. The fourth-order valence-electron chi connectivity index (χ4n) is 2.33. The van der Waals surface area contributed by atoms with Crippen LogP contribution in [0, 0.1) is 0 Å². The first-order valence-electron chi connectivity index (χ1n) is 6.21. The van der Waals surface area contributed by atoms with E-state index in [-0.39, 0.29) is 16.4 Å². The molecule has 1 atom stereocenters. The summed E-state index contributed by atoms with van der Waals surface area (Å²) >= 11 is 0. The molecule has 1 aromatic rings. The highest BCUT2D eigenvalue weighted by Crippen LogP contribution is 2.21. The van der Waals surface area contributed by atoms with Crippen molar-refractivity contribution < 1.29 is 18.0 Å². The molecule has 1 aliphatic rings. The van der Waals surface area contributed by atoms with Gasteiger partial charge in [-0.05, 0) is 31.0 Å². The van der Waals surface area contributed by atoms with E-state index in [1.807, 2.05) is 0 Å². The molecular weight excluding hydrogens is 280 g/mol. The highest BCUT2D eigenvalue weighted by Gasteiger charge is 2.33. The Morgan fingerprint density at radius 3 is 2.65 bits per heavy atom. The second-order valence-electron chi connectivity index (χ2n) is 4.86. The van der Waals surface area contributed by atoms with E-state index in [2.05, 4.69) is 0 Å². The first kappa shape index (κ1) is 14.5. The normalized spacial score (nSPS) is 19.1. The summed E-state index contributed by atoms with van der Waals surface area (Å²) in [5.41, 5.74) is 5.53. The summed E-state index contributed by atoms with van der Waals surface area (Å²) in [5.74, 6) is -0.896. The van der Waals surface area contributed by atoms with Crippen LogP contribution in [0.25, 0.3) is 0 Å². The molecule has 0 bridgehead atoms. The Kier molecular flexibility index (Phi) is 3.80. The molecule has 2 rings (SSSR count). The fourth-order valence-corrected chi connectivity index (χ4v) is 3.00. The van der Waals surface area contributed by atoms with Crippen LogP contribution in [0.4, 0.5) is 0 Å². The van der Waals surface area contributed by atoms with Gasteiger partial charge < -0.3 is 10.6 Å². The molecule has 7 heteroatoms. The van der Waals surface area contributed by atoms with Crippen LogP contribution in [0.2, 0.25) is 0 Å². The molecular formula is C13H16N2O4S. The lowest BCUT2D eigenvalue weighted by Gasteiger charge is -2.22. The summed E-state index contributed by atoms with van der Waals surface area (Å²) in [5, 5.41) is 0.